The van der Waals surface area contributed by atoms with Gasteiger partial charge in [-0.1, -0.05) is 0 Å². The molecular formula is C12H18N4O2S. The van der Waals surface area contributed by atoms with Gasteiger partial charge in [0.2, 0.25) is 16.0 Å². The molecule has 0 spiro atoms. The highest BCUT2D eigenvalue weighted by molar-refractivity contribution is 7.89. The molecule has 2 fully saturated rings. The van der Waals surface area contributed by atoms with E-state index in [0.717, 1.165) is 25.7 Å². The number of hydrogen-bond acceptors (Lipinski definition) is 5. The number of anilines is 1. The molecule has 0 unspecified atom stereocenters. The zero-order valence-corrected chi connectivity index (χ0v) is 11.5. The van der Waals surface area contributed by atoms with Gasteiger partial charge in [0.25, 0.3) is 0 Å². The van der Waals surface area contributed by atoms with E-state index in [1.807, 2.05) is 0 Å². The molecule has 7 heteroatoms. The fourth-order valence-corrected chi connectivity index (χ4v) is 3.54. The number of nitrogen functional groups attached to an aromatic ring is 1. The van der Waals surface area contributed by atoms with Crippen LogP contribution >= 0.6 is 0 Å². The third-order valence-electron chi connectivity index (χ3n) is 3.60. The lowest BCUT2D eigenvalue weighted by atomic mass is 10.4. The third kappa shape index (κ3) is 3.03. The van der Waals surface area contributed by atoms with Crippen LogP contribution in [0.15, 0.2) is 17.3 Å². The normalized spacial score (nSPS) is 19.8. The predicted octanol–water partition coefficient (Wildman–Crippen LogP) is 0.869. The van der Waals surface area contributed by atoms with Crippen molar-refractivity contribution in [3.8, 4) is 0 Å². The highest BCUT2D eigenvalue weighted by Crippen LogP contribution is 2.35. The van der Waals surface area contributed by atoms with Crippen LogP contribution in [0.2, 0.25) is 0 Å². The Balaban J connectivity index is 1.82. The summed E-state index contributed by atoms with van der Waals surface area (Å²) in [6.07, 6.45) is 7.13. The van der Waals surface area contributed by atoms with Gasteiger partial charge in [0.15, 0.2) is 0 Å². The molecule has 0 atom stereocenters. The first kappa shape index (κ1) is 12.8. The molecule has 0 amide bonds. The first-order chi connectivity index (χ1) is 9.05. The van der Waals surface area contributed by atoms with E-state index in [2.05, 4.69) is 9.97 Å². The van der Waals surface area contributed by atoms with Crippen molar-refractivity contribution in [3.63, 3.8) is 0 Å². The van der Waals surface area contributed by atoms with Gasteiger partial charge < -0.3 is 5.73 Å². The molecule has 2 aliphatic carbocycles. The second kappa shape index (κ2) is 4.72. The summed E-state index contributed by atoms with van der Waals surface area (Å²) in [5.74, 6) is 1.15. The Morgan fingerprint density at radius 1 is 1.11 bits per heavy atom. The molecule has 0 radical (unpaired) electrons. The second-order valence-corrected chi connectivity index (χ2v) is 7.42. The number of sulfonamides is 1. The van der Waals surface area contributed by atoms with Gasteiger partial charge in [0.05, 0.1) is 12.4 Å². The second-order valence-electron chi connectivity index (χ2n) is 5.49. The zero-order valence-electron chi connectivity index (χ0n) is 10.7. The minimum absolute atomic E-state index is 0.0925. The molecule has 104 valence electrons. The van der Waals surface area contributed by atoms with Crippen molar-refractivity contribution in [2.45, 2.75) is 30.6 Å². The van der Waals surface area contributed by atoms with Crippen molar-refractivity contribution in [2.75, 3.05) is 18.8 Å². The van der Waals surface area contributed by atoms with Crippen LogP contribution in [0, 0.1) is 11.8 Å². The Hall–Kier alpha value is -1.21. The van der Waals surface area contributed by atoms with Gasteiger partial charge in [-0.2, -0.15) is 4.31 Å². The average molecular weight is 282 g/mol. The summed E-state index contributed by atoms with van der Waals surface area (Å²) in [5.41, 5.74) is 5.40. The highest BCUT2D eigenvalue weighted by Gasteiger charge is 2.35. The first-order valence-corrected chi connectivity index (χ1v) is 8.07. The van der Waals surface area contributed by atoms with Gasteiger partial charge in [-0.3, -0.25) is 0 Å². The number of nitrogens with zero attached hydrogens (tertiary/aromatic N) is 3. The molecule has 1 heterocycles. The lowest BCUT2D eigenvalue weighted by Gasteiger charge is -2.21. The fraction of sp³-hybridized carbons (Fsp3) is 0.667. The van der Waals surface area contributed by atoms with E-state index in [0.29, 0.717) is 24.9 Å². The van der Waals surface area contributed by atoms with Crippen LogP contribution < -0.4 is 5.73 Å². The minimum atomic E-state index is -3.48. The van der Waals surface area contributed by atoms with Crippen molar-refractivity contribution < 1.29 is 8.42 Å². The summed E-state index contributed by atoms with van der Waals surface area (Å²) in [5, 5.41) is 0. The maximum Gasteiger partial charge on any atom is 0.246 e. The molecular weight excluding hydrogens is 264 g/mol. The van der Waals surface area contributed by atoms with Gasteiger partial charge in [-0.15, -0.1) is 0 Å². The van der Waals surface area contributed by atoms with Crippen LogP contribution in [0.25, 0.3) is 0 Å². The standard InChI is InChI=1S/C12H18N4O2S/c13-12-14-5-11(6-15-12)19(17,18)16(7-9-1-2-9)8-10-3-4-10/h5-6,9-10H,1-4,7-8H2,(H2,13,14,15). The lowest BCUT2D eigenvalue weighted by Crippen LogP contribution is -2.35. The molecule has 2 saturated carbocycles. The Morgan fingerprint density at radius 2 is 1.58 bits per heavy atom. The summed E-state index contributed by atoms with van der Waals surface area (Å²) in [6, 6.07) is 0. The first-order valence-electron chi connectivity index (χ1n) is 6.63. The van der Waals surface area contributed by atoms with Crippen molar-refractivity contribution >= 4 is 16.0 Å². The van der Waals surface area contributed by atoms with Crippen LogP contribution in [-0.2, 0) is 10.0 Å². The molecule has 19 heavy (non-hydrogen) atoms. The van der Waals surface area contributed by atoms with Gasteiger partial charge in [-0.05, 0) is 37.5 Å². The van der Waals surface area contributed by atoms with E-state index in [-0.39, 0.29) is 10.8 Å². The maximum atomic E-state index is 12.6. The highest BCUT2D eigenvalue weighted by atomic mass is 32.2. The van der Waals surface area contributed by atoms with Crippen molar-refractivity contribution in [1.82, 2.24) is 14.3 Å². The minimum Gasteiger partial charge on any atom is -0.368 e. The summed E-state index contributed by atoms with van der Waals surface area (Å²) < 4.78 is 26.8. The quantitative estimate of drug-likeness (QED) is 0.836. The predicted molar refractivity (Wildman–Crippen MR) is 70.7 cm³/mol. The zero-order chi connectivity index (χ0) is 13.5. The molecule has 0 saturated heterocycles. The molecule has 6 nitrogen and oxygen atoms in total. The van der Waals surface area contributed by atoms with Gasteiger partial charge in [0.1, 0.15) is 4.90 Å². The maximum absolute atomic E-state index is 12.6. The van der Waals surface area contributed by atoms with Crippen molar-refractivity contribution in [1.29, 1.82) is 0 Å². The Bertz CT molecular complexity index is 536. The molecule has 0 aliphatic heterocycles. The van der Waals surface area contributed by atoms with E-state index in [1.165, 1.54) is 12.4 Å². The van der Waals surface area contributed by atoms with Crippen LogP contribution in [0.5, 0.6) is 0 Å². The molecule has 1 aromatic heterocycles. The SMILES string of the molecule is Nc1ncc(S(=O)(=O)N(CC2CC2)CC2CC2)cn1. The van der Waals surface area contributed by atoms with E-state index in [9.17, 15) is 8.42 Å². The Morgan fingerprint density at radius 3 is 2.00 bits per heavy atom. The summed E-state index contributed by atoms with van der Waals surface area (Å²) in [6.45, 7) is 1.26. The average Bonchev–Trinajstić information content (AvgIpc) is 3.23. The van der Waals surface area contributed by atoms with Gasteiger partial charge in [-0.25, -0.2) is 18.4 Å². The van der Waals surface area contributed by atoms with Crippen LogP contribution in [0.1, 0.15) is 25.7 Å². The number of rotatable bonds is 6. The monoisotopic (exact) mass is 282 g/mol. The van der Waals surface area contributed by atoms with Gasteiger partial charge >= 0.3 is 0 Å². The molecule has 0 bridgehead atoms. The van der Waals surface area contributed by atoms with Crippen LogP contribution in [0.3, 0.4) is 0 Å². The largest absolute Gasteiger partial charge is 0.368 e. The van der Waals surface area contributed by atoms with Crippen LogP contribution in [-0.4, -0.2) is 35.8 Å². The van der Waals surface area contributed by atoms with Gasteiger partial charge in [0, 0.05) is 13.1 Å². The molecule has 2 N–H and O–H groups in total. The topological polar surface area (TPSA) is 89.2 Å². The lowest BCUT2D eigenvalue weighted by molar-refractivity contribution is 0.382. The molecule has 1 aromatic rings. The number of nitrogens with two attached hydrogens (primary N) is 1. The molecule has 3 rings (SSSR count). The van der Waals surface area contributed by atoms with Crippen molar-refractivity contribution in [2.24, 2.45) is 11.8 Å². The van der Waals surface area contributed by atoms with E-state index >= 15 is 0 Å². The summed E-state index contributed by atoms with van der Waals surface area (Å²) >= 11 is 0. The summed E-state index contributed by atoms with van der Waals surface area (Å²) in [4.78, 5) is 7.70. The van der Waals surface area contributed by atoms with Crippen molar-refractivity contribution in [3.05, 3.63) is 12.4 Å². The van der Waals surface area contributed by atoms with E-state index < -0.39 is 10.0 Å². The number of aromatic nitrogens is 2. The Labute approximate surface area is 113 Å². The van der Waals surface area contributed by atoms with E-state index in [4.69, 9.17) is 5.73 Å². The molecule has 2 aliphatic rings. The third-order valence-corrected chi connectivity index (χ3v) is 5.39. The smallest absolute Gasteiger partial charge is 0.246 e. The molecule has 0 aromatic carbocycles. The van der Waals surface area contributed by atoms with E-state index in [1.54, 1.807) is 4.31 Å². The summed E-state index contributed by atoms with van der Waals surface area (Å²) in [7, 11) is -3.48. The van der Waals surface area contributed by atoms with Crippen LogP contribution in [0.4, 0.5) is 5.95 Å². The number of hydrogen-bond donors (Lipinski definition) is 1. The fourth-order valence-electron chi connectivity index (χ4n) is 2.06. The Kier molecular flexibility index (Phi) is 3.18.